The zero-order valence-electron chi connectivity index (χ0n) is 11.7. The molecule has 108 valence electrons. The second-order valence-corrected chi connectivity index (χ2v) is 6.41. The molecule has 0 fully saturated rings. The molecule has 0 aromatic heterocycles. The number of halogens is 1. The highest BCUT2D eigenvalue weighted by atomic mass is 79.9. The van der Waals surface area contributed by atoms with Crippen LogP contribution in [0.2, 0.25) is 0 Å². The molecule has 0 amide bonds. The average molecular weight is 353 g/mol. The number of ether oxygens (including phenoxy) is 1. The molecule has 1 aliphatic rings. The second-order valence-electron chi connectivity index (χ2n) is 5.42. The Morgan fingerprint density at radius 1 is 0.864 bits per heavy atom. The molecule has 22 heavy (non-hydrogen) atoms. The van der Waals surface area contributed by atoms with E-state index in [1.54, 1.807) is 0 Å². The summed E-state index contributed by atoms with van der Waals surface area (Å²) in [6, 6.07) is 22.0. The Bertz CT molecular complexity index is 872. The van der Waals surface area contributed by atoms with Gasteiger partial charge in [-0.3, -0.25) is 0 Å². The molecule has 2 atom stereocenters. The predicted octanol–water partition coefficient (Wildman–Crippen LogP) is 5.19. The van der Waals surface area contributed by atoms with E-state index < -0.39 is 0 Å². The Balaban J connectivity index is 1.80. The van der Waals surface area contributed by atoms with Crippen molar-refractivity contribution in [3.05, 3.63) is 83.4 Å². The first-order chi connectivity index (χ1) is 10.7. The number of alkyl halides is 1. The van der Waals surface area contributed by atoms with Gasteiger partial charge in [0.15, 0.2) is 0 Å². The van der Waals surface area contributed by atoms with Gasteiger partial charge in [-0.15, -0.1) is 0 Å². The number of esters is 1. The van der Waals surface area contributed by atoms with Crippen LogP contribution in [0.15, 0.2) is 66.7 Å². The highest BCUT2D eigenvalue weighted by molar-refractivity contribution is 9.09. The maximum Gasteiger partial charge on any atom is 0.339 e. The lowest BCUT2D eigenvalue weighted by Crippen LogP contribution is -2.23. The van der Waals surface area contributed by atoms with Crippen LogP contribution in [-0.4, -0.2) is 5.97 Å². The van der Waals surface area contributed by atoms with Gasteiger partial charge in [0.1, 0.15) is 6.10 Å². The first-order valence-corrected chi connectivity index (χ1v) is 8.08. The van der Waals surface area contributed by atoms with E-state index in [0.717, 1.165) is 16.5 Å². The van der Waals surface area contributed by atoms with E-state index >= 15 is 0 Å². The third-order valence-corrected chi connectivity index (χ3v) is 5.05. The van der Waals surface area contributed by atoms with Crippen molar-refractivity contribution in [2.75, 3.05) is 0 Å². The number of carbonyl (C=O) groups excluding carboxylic acids is 1. The smallest absolute Gasteiger partial charge is 0.339 e. The van der Waals surface area contributed by atoms with Crippen LogP contribution in [0.5, 0.6) is 0 Å². The largest absolute Gasteiger partial charge is 0.452 e. The van der Waals surface area contributed by atoms with Crippen LogP contribution in [0.3, 0.4) is 0 Å². The summed E-state index contributed by atoms with van der Waals surface area (Å²) in [5.74, 6) is -0.260. The summed E-state index contributed by atoms with van der Waals surface area (Å²) in [4.78, 5) is 12.2. The van der Waals surface area contributed by atoms with E-state index in [4.69, 9.17) is 4.74 Å². The summed E-state index contributed by atoms with van der Waals surface area (Å²) in [6.45, 7) is 0. The van der Waals surface area contributed by atoms with Gasteiger partial charge in [-0.05, 0) is 34.0 Å². The van der Waals surface area contributed by atoms with Crippen LogP contribution < -0.4 is 0 Å². The highest BCUT2D eigenvalue weighted by Crippen LogP contribution is 2.44. The third kappa shape index (κ3) is 2.13. The second kappa shape index (κ2) is 5.25. The summed E-state index contributed by atoms with van der Waals surface area (Å²) in [7, 11) is 0. The topological polar surface area (TPSA) is 26.3 Å². The van der Waals surface area contributed by atoms with Crippen LogP contribution >= 0.6 is 15.9 Å². The summed E-state index contributed by atoms with van der Waals surface area (Å²) < 4.78 is 5.67. The molecule has 0 radical (unpaired) electrons. The Labute approximate surface area is 136 Å². The zero-order valence-corrected chi connectivity index (χ0v) is 13.3. The highest BCUT2D eigenvalue weighted by Gasteiger charge is 2.34. The molecule has 0 aliphatic carbocycles. The van der Waals surface area contributed by atoms with Crippen LogP contribution in [0.1, 0.15) is 32.4 Å². The summed E-state index contributed by atoms with van der Waals surface area (Å²) >= 11 is 3.70. The maximum absolute atomic E-state index is 12.2. The zero-order chi connectivity index (χ0) is 15.1. The molecule has 1 aliphatic heterocycles. The van der Waals surface area contributed by atoms with Gasteiger partial charge >= 0.3 is 5.97 Å². The van der Waals surface area contributed by atoms with Gasteiger partial charge < -0.3 is 4.74 Å². The molecule has 0 bridgehead atoms. The molecule has 3 aromatic carbocycles. The number of carbonyl (C=O) groups is 1. The molecule has 3 aromatic rings. The Kier molecular flexibility index (Phi) is 3.23. The number of benzene rings is 3. The summed E-state index contributed by atoms with van der Waals surface area (Å²) in [6.07, 6.45) is -0.313. The third-order valence-electron chi connectivity index (χ3n) is 4.08. The quantitative estimate of drug-likeness (QED) is 0.445. The molecule has 1 heterocycles. The van der Waals surface area contributed by atoms with Crippen LogP contribution in [0.25, 0.3) is 10.8 Å². The van der Waals surface area contributed by atoms with Gasteiger partial charge in [0.2, 0.25) is 0 Å². The number of hydrogen-bond acceptors (Lipinski definition) is 2. The minimum Gasteiger partial charge on any atom is -0.452 e. The maximum atomic E-state index is 12.2. The Morgan fingerprint density at radius 2 is 1.59 bits per heavy atom. The lowest BCUT2D eigenvalue weighted by Gasteiger charge is -2.30. The predicted molar refractivity (Wildman–Crippen MR) is 90.2 cm³/mol. The fourth-order valence-electron chi connectivity index (χ4n) is 2.95. The Morgan fingerprint density at radius 3 is 2.45 bits per heavy atom. The summed E-state index contributed by atoms with van der Waals surface area (Å²) in [5.41, 5.74) is 2.63. The SMILES string of the molecule is O=C1O[C@@H](c2ccc3ccccc3c2)[C@H](Br)c2ccccc21. The van der Waals surface area contributed by atoms with E-state index in [2.05, 4.69) is 40.2 Å². The molecule has 0 saturated heterocycles. The molecule has 0 saturated carbocycles. The standard InChI is InChI=1S/C19H13BrO2/c20-17-15-7-3-4-8-16(15)19(21)22-18(17)14-10-9-12-5-1-2-6-13(12)11-14/h1-11,17-18H/t17-,18+/m1/s1. The van der Waals surface area contributed by atoms with E-state index in [9.17, 15) is 4.79 Å². The molecule has 0 unspecified atom stereocenters. The van der Waals surface area contributed by atoms with Crippen molar-refractivity contribution in [3.8, 4) is 0 Å². The number of fused-ring (bicyclic) bond motifs is 2. The molecular weight excluding hydrogens is 340 g/mol. The van der Waals surface area contributed by atoms with E-state index in [-0.39, 0.29) is 16.9 Å². The van der Waals surface area contributed by atoms with Crippen molar-refractivity contribution < 1.29 is 9.53 Å². The summed E-state index contributed by atoms with van der Waals surface area (Å²) in [5, 5.41) is 2.33. The minimum absolute atomic E-state index is 0.0393. The van der Waals surface area contributed by atoms with Crippen LogP contribution in [-0.2, 0) is 4.74 Å². The Hall–Kier alpha value is -2.13. The first-order valence-electron chi connectivity index (χ1n) is 7.17. The van der Waals surface area contributed by atoms with Crippen molar-refractivity contribution in [1.82, 2.24) is 0 Å². The van der Waals surface area contributed by atoms with Crippen molar-refractivity contribution in [2.24, 2.45) is 0 Å². The van der Waals surface area contributed by atoms with Gasteiger partial charge in [0.25, 0.3) is 0 Å². The van der Waals surface area contributed by atoms with Crippen molar-refractivity contribution in [2.45, 2.75) is 10.9 Å². The van der Waals surface area contributed by atoms with Crippen molar-refractivity contribution >= 4 is 32.7 Å². The fraction of sp³-hybridized carbons (Fsp3) is 0.105. The molecular formula is C19H13BrO2. The van der Waals surface area contributed by atoms with Gasteiger partial charge in [-0.2, -0.15) is 0 Å². The van der Waals surface area contributed by atoms with Gasteiger partial charge in [-0.1, -0.05) is 70.5 Å². The number of rotatable bonds is 1. The van der Waals surface area contributed by atoms with Crippen LogP contribution in [0, 0.1) is 0 Å². The molecule has 3 heteroatoms. The molecule has 0 N–H and O–H groups in total. The van der Waals surface area contributed by atoms with Crippen LogP contribution in [0.4, 0.5) is 0 Å². The number of cyclic esters (lactones) is 1. The molecule has 4 rings (SSSR count). The first kappa shape index (κ1) is 13.5. The lowest BCUT2D eigenvalue weighted by atomic mass is 9.93. The normalized spacial score (nSPS) is 20.5. The molecule has 2 nitrogen and oxygen atoms in total. The van der Waals surface area contributed by atoms with Gasteiger partial charge in [0.05, 0.1) is 10.4 Å². The average Bonchev–Trinajstić information content (AvgIpc) is 2.58. The van der Waals surface area contributed by atoms with E-state index in [0.29, 0.717) is 5.56 Å². The van der Waals surface area contributed by atoms with E-state index in [1.807, 2.05) is 42.5 Å². The monoisotopic (exact) mass is 352 g/mol. The fourth-order valence-corrected chi connectivity index (χ4v) is 3.76. The minimum atomic E-state index is -0.313. The van der Waals surface area contributed by atoms with E-state index in [1.165, 1.54) is 5.39 Å². The number of hydrogen-bond donors (Lipinski definition) is 0. The van der Waals surface area contributed by atoms with Gasteiger partial charge in [-0.25, -0.2) is 4.79 Å². The van der Waals surface area contributed by atoms with Crippen molar-refractivity contribution in [3.63, 3.8) is 0 Å². The van der Waals surface area contributed by atoms with Gasteiger partial charge in [0, 0.05) is 0 Å². The lowest BCUT2D eigenvalue weighted by molar-refractivity contribution is 0.0249. The molecule has 0 spiro atoms. The van der Waals surface area contributed by atoms with Crippen molar-refractivity contribution in [1.29, 1.82) is 0 Å².